The first-order valence-corrected chi connectivity index (χ1v) is 10.9. The molecule has 1 N–H and O–H groups in total. The minimum Gasteiger partial charge on any atom is -0.448 e. The highest BCUT2D eigenvalue weighted by molar-refractivity contribution is 6.03. The Bertz CT molecular complexity index is 1280. The molecule has 0 saturated heterocycles. The first kappa shape index (κ1) is 24.9. The van der Waals surface area contributed by atoms with Crippen LogP contribution in [0.15, 0.2) is 41.2 Å². The topological polar surface area (TPSA) is 90.3 Å². The van der Waals surface area contributed by atoms with Gasteiger partial charge in [-0.1, -0.05) is 44.4 Å². The lowest BCUT2D eigenvalue weighted by atomic mass is 10.1. The van der Waals surface area contributed by atoms with Gasteiger partial charge >= 0.3 is 5.97 Å². The number of esters is 1. The van der Waals surface area contributed by atoms with Crippen LogP contribution in [0.5, 0.6) is 0 Å². The Balaban J connectivity index is 1.81. The van der Waals surface area contributed by atoms with Gasteiger partial charge in [-0.25, -0.2) is 22.6 Å². The van der Waals surface area contributed by atoms with Crippen LogP contribution in [0.25, 0.3) is 10.8 Å². The van der Waals surface area contributed by atoms with Crippen molar-refractivity contribution >= 4 is 28.3 Å². The fraction of sp³-hybridized carbons (Fsp3) is 0.333. The number of aryl methyl sites for hydroxylation is 1. The molecule has 3 rings (SSSR count). The number of rotatable bonds is 9. The molecule has 0 radical (unpaired) electrons. The zero-order valence-corrected chi connectivity index (χ0v) is 18.7. The van der Waals surface area contributed by atoms with Gasteiger partial charge in [0.2, 0.25) is 0 Å². The maximum absolute atomic E-state index is 13.8. The van der Waals surface area contributed by atoms with E-state index < -0.39 is 41.1 Å². The van der Waals surface area contributed by atoms with Crippen molar-refractivity contribution in [3.63, 3.8) is 0 Å². The lowest BCUT2D eigenvalue weighted by Crippen LogP contribution is -2.32. The van der Waals surface area contributed by atoms with Crippen LogP contribution >= 0.6 is 0 Å². The Morgan fingerprint density at radius 3 is 2.44 bits per heavy atom. The quantitative estimate of drug-likeness (QED) is 0.278. The minimum atomic E-state index is -1.74. The predicted octanol–water partition coefficient (Wildman–Crippen LogP) is 4.58. The highest BCUT2D eigenvalue weighted by Gasteiger charge is 2.25. The van der Waals surface area contributed by atoms with Gasteiger partial charge < -0.3 is 10.1 Å². The summed E-state index contributed by atoms with van der Waals surface area (Å²) >= 11 is 0. The summed E-state index contributed by atoms with van der Waals surface area (Å²) in [6.07, 6.45) is 2.20. The summed E-state index contributed by atoms with van der Waals surface area (Å²) in [5, 5.41) is 6.78. The average molecular weight is 475 g/mol. The summed E-state index contributed by atoms with van der Waals surface area (Å²) in [6.45, 7) is 3.61. The molecule has 2 aromatic carbocycles. The molecular formula is C24H24F3N3O4. The monoisotopic (exact) mass is 475 g/mol. The van der Waals surface area contributed by atoms with Crippen LogP contribution in [0.3, 0.4) is 0 Å². The van der Waals surface area contributed by atoms with Crippen LogP contribution in [0.2, 0.25) is 0 Å². The molecular weight excluding hydrogens is 451 g/mol. The van der Waals surface area contributed by atoms with Crippen molar-refractivity contribution < 1.29 is 27.5 Å². The van der Waals surface area contributed by atoms with E-state index in [1.165, 1.54) is 11.6 Å². The number of hydrogen-bond acceptors (Lipinski definition) is 5. The number of anilines is 1. The van der Waals surface area contributed by atoms with Crippen molar-refractivity contribution in [3.8, 4) is 0 Å². The van der Waals surface area contributed by atoms with Gasteiger partial charge in [-0.05, 0) is 31.5 Å². The van der Waals surface area contributed by atoms with Gasteiger partial charge in [-0.2, -0.15) is 5.10 Å². The number of hydrogen-bond donors (Lipinski definition) is 1. The molecule has 7 nitrogen and oxygen atoms in total. The molecule has 1 aromatic heterocycles. The standard InChI is InChI=1S/C24H24F3N3O4/c1-3-4-5-8-13-30-23(32)16-10-7-6-9-15(16)21(29-30)24(33)34-14(2)22(31)28-18-12-11-17(25)19(26)20(18)27/h6-7,9-12,14H,3-5,8,13H2,1-2H3,(H,28,31). The van der Waals surface area contributed by atoms with E-state index in [9.17, 15) is 27.6 Å². The van der Waals surface area contributed by atoms with Gasteiger partial charge in [-0.15, -0.1) is 0 Å². The number of benzene rings is 2. The van der Waals surface area contributed by atoms with Crippen LogP contribution in [-0.4, -0.2) is 27.8 Å². The lowest BCUT2D eigenvalue weighted by Gasteiger charge is -2.15. The van der Waals surface area contributed by atoms with Crippen LogP contribution in [0, 0.1) is 17.5 Å². The van der Waals surface area contributed by atoms with Crippen molar-refractivity contribution in [1.82, 2.24) is 9.78 Å². The second-order valence-electron chi connectivity index (χ2n) is 7.74. The van der Waals surface area contributed by atoms with Crippen molar-refractivity contribution in [3.05, 3.63) is 69.9 Å². The molecule has 1 heterocycles. The van der Waals surface area contributed by atoms with E-state index in [4.69, 9.17) is 4.74 Å². The van der Waals surface area contributed by atoms with Gasteiger partial charge in [0.1, 0.15) is 0 Å². The second-order valence-corrected chi connectivity index (χ2v) is 7.74. The summed E-state index contributed by atoms with van der Waals surface area (Å²) in [5.74, 6) is -6.64. The van der Waals surface area contributed by atoms with Crippen molar-refractivity contribution in [2.45, 2.75) is 52.2 Å². The maximum Gasteiger partial charge on any atom is 0.360 e. The molecule has 0 saturated carbocycles. The molecule has 0 aliphatic carbocycles. The first-order chi connectivity index (χ1) is 16.2. The number of carbonyl (C=O) groups excluding carboxylic acids is 2. The van der Waals surface area contributed by atoms with E-state index in [-0.39, 0.29) is 22.0 Å². The van der Waals surface area contributed by atoms with Crippen molar-refractivity contribution in [2.24, 2.45) is 0 Å². The smallest absolute Gasteiger partial charge is 0.360 e. The fourth-order valence-corrected chi connectivity index (χ4v) is 3.35. The Kier molecular flexibility index (Phi) is 8.04. The molecule has 1 atom stereocenters. The average Bonchev–Trinajstić information content (AvgIpc) is 2.83. The fourth-order valence-electron chi connectivity index (χ4n) is 3.35. The third kappa shape index (κ3) is 5.44. The van der Waals surface area contributed by atoms with E-state index in [0.717, 1.165) is 25.3 Å². The molecule has 0 aliphatic rings. The van der Waals surface area contributed by atoms with Crippen molar-refractivity contribution in [1.29, 1.82) is 0 Å². The van der Waals surface area contributed by atoms with Crippen LogP contribution in [0.1, 0.15) is 50.0 Å². The molecule has 0 bridgehead atoms. The molecule has 3 aromatic rings. The number of amides is 1. The third-order valence-corrected chi connectivity index (χ3v) is 5.23. The molecule has 1 amide bonds. The second kappa shape index (κ2) is 11.0. The summed E-state index contributed by atoms with van der Waals surface area (Å²) in [5.41, 5.74) is -1.09. The molecule has 34 heavy (non-hydrogen) atoms. The summed E-state index contributed by atoms with van der Waals surface area (Å²) in [7, 11) is 0. The van der Waals surface area contributed by atoms with E-state index in [2.05, 4.69) is 17.3 Å². The van der Waals surface area contributed by atoms with E-state index >= 15 is 0 Å². The Morgan fingerprint density at radius 1 is 1.03 bits per heavy atom. The zero-order chi connectivity index (χ0) is 24.8. The zero-order valence-electron chi connectivity index (χ0n) is 18.7. The Hall–Kier alpha value is -3.69. The van der Waals surface area contributed by atoms with E-state index in [0.29, 0.717) is 19.0 Å². The van der Waals surface area contributed by atoms with Gasteiger partial charge in [0.15, 0.2) is 29.2 Å². The lowest BCUT2D eigenvalue weighted by molar-refractivity contribution is -0.123. The number of nitrogens with one attached hydrogen (secondary N) is 1. The normalized spacial score (nSPS) is 11.9. The molecule has 0 spiro atoms. The maximum atomic E-state index is 13.8. The molecule has 10 heteroatoms. The summed E-state index contributed by atoms with van der Waals surface area (Å²) in [4.78, 5) is 38.0. The van der Waals surface area contributed by atoms with E-state index in [1.54, 1.807) is 24.3 Å². The Labute approximate surface area is 193 Å². The number of unbranched alkanes of at least 4 members (excludes halogenated alkanes) is 3. The highest BCUT2D eigenvalue weighted by Crippen LogP contribution is 2.20. The number of ether oxygens (including phenoxy) is 1. The Morgan fingerprint density at radius 2 is 1.74 bits per heavy atom. The molecule has 180 valence electrons. The number of halogens is 3. The van der Waals surface area contributed by atoms with Gasteiger partial charge in [0.25, 0.3) is 11.5 Å². The predicted molar refractivity (Wildman–Crippen MR) is 120 cm³/mol. The van der Waals surface area contributed by atoms with Gasteiger partial charge in [0.05, 0.1) is 11.1 Å². The van der Waals surface area contributed by atoms with Gasteiger partial charge in [0, 0.05) is 11.9 Å². The number of nitrogens with zero attached hydrogens (tertiary/aromatic N) is 2. The largest absolute Gasteiger partial charge is 0.448 e. The molecule has 0 aliphatic heterocycles. The molecule has 1 unspecified atom stereocenters. The van der Waals surface area contributed by atoms with Crippen LogP contribution in [-0.2, 0) is 16.1 Å². The number of fused-ring (bicyclic) bond motifs is 1. The number of carbonyl (C=O) groups is 2. The highest BCUT2D eigenvalue weighted by atomic mass is 19.2. The summed E-state index contributed by atoms with van der Waals surface area (Å²) in [6, 6.07) is 7.92. The first-order valence-electron chi connectivity index (χ1n) is 10.9. The van der Waals surface area contributed by atoms with Crippen LogP contribution in [0.4, 0.5) is 18.9 Å². The SMILES string of the molecule is CCCCCCn1nc(C(=O)OC(C)C(=O)Nc2ccc(F)c(F)c2F)c2ccccc2c1=O. The van der Waals surface area contributed by atoms with E-state index in [1.807, 2.05) is 0 Å². The van der Waals surface area contributed by atoms with Gasteiger partial charge in [-0.3, -0.25) is 9.59 Å². The third-order valence-electron chi connectivity index (χ3n) is 5.23. The minimum absolute atomic E-state index is 0.149. The van der Waals surface area contributed by atoms with Crippen molar-refractivity contribution in [2.75, 3.05) is 5.32 Å². The number of aromatic nitrogens is 2. The van der Waals surface area contributed by atoms with Crippen LogP contribution < -0.4 is 10.9 Å². The summed E-state index contributed by atoms with van der Waals surface area (Å²) < 4.78 is 46.7. The molecule has 0 fully saturated rings.